The first-order chi connectivity index (χ1) is 10.4. The van der Waals surface area contributed by atoms with Crippen molar-refractivity contribution in [2.24, 2.45) is 0 Å². The van der Waals surface area contributed by atoms with Crippen LogP contribution >= 0.6 is 11.8 Å². The molecule has 0 bridgehead atoms. The van der Waals surface area contributed by atoms with Crippen LogP contribution in [-0.4, -0.2) is 41.3 Å². The van der Waals surface area contributed by atoms with Crippen molar-refractivity contribution < 1.29 is 9.59 Å². The minimum Gasteiger partial charge on any atom is -0.335 e. The Morgan fingerprint density at radius 3 is 2.50 bits per heavy atom. The summed E-state index contributed by atoms with van der Waals surface area (Å²) >= 11 is 1.65. The smallest absolute Gasteiger partial charge is 0.243 e. The van der Waals surface area contributed by atoms with Gasteiger partial charge in [0.25, 0.3) is 0 Å². The molecule has 4 nitrogen and oxygen atoms in total. The van der Waals surface area contributed by atoms with E-state index in [2.05, 4.69) is 12.2 Å². The molecule has 0 fully saturated rings. The Bertz CT molecular complexity index is 488. The van der Waals surface area contributed by atoms with Gasteiger partial charge in [-0.3, -0.25) is 9.59 Å². The molecule has 0 heterocycles. The maximum atomic E-state index is 12.2. The summed E-state index contributed by atoms with van der Waals surface area (Å²) in [6, 6.07) is 7.60. The highest BCUT2D eigenvalue weighted by Crippen LogP contribution is 2.15. The summed E-state index contributed by atoms with van der Waals surface area (Å²) in [5.41, 5.74) is 1.89. The standard InChI is InChI=1S/C17H26N2O2S/c1-5-6-11-22-14(3)17(21)19(4)12-16(20)18-15-9-7-13(2)8-10-15/h7-10,14H,5-6,11-12H2,1-4H3,(H,18,20). The third-order valence-corrected chi connectivity index (χ3v) is 4.53. The minimum atomic E-state index is -0.175. The maximum absolute atomic E-state index is 12.2. The number of benzene rings is 1. The maximum Gasteiger partial charge on any atom is 0.243 e. The minimum absolute atomic E-state index is 0.000147. The van der Waals surface area contributed by atoms with Crippen molar-refractivity contribution in [1.82, 2.24) is 4.90 Å². The van der Waals surface area contributed by atoms with Crippen molar-refractivity contribution in [1.29, 1.82) is 0 Å². The molecular formula is C17H26N2O2S. The van der Waals surface area contributed by atoms with Gasteiger partial charge in [-0.1, -0.05) is 31.0 Å². The summed E-state index contributed by atoms with van der Waals surface area (Å²) in [6.45, 7) is 6.10. The lowest BCUT2D eigenvalue weighted by molar-refractivity contribution is -0.132. The number of carbonyl (C=O) groups is 2. The number of rotatable bonds is 8. The summed E-state index contributed by atoms with van der Waals surface area (Å²) in [7, 11) is 1.67. The van der Waals surface area contributed by atoms with Crippen LogP contribution < -0.4 is 5.32 Å². The molecule has 0 aliphatic rings. The zero-order valence-corrected chi connectivity index (χ0v) is 14.7. The number of nitrogens with zero attached hydrogens (tertiary/aromatic N) is 1. The van der Waals surface area contributed by atoms with Crippen molar-refractivity contribution in [2.45, 2.75) is 38.9 Å². The Morgan fingerprint density at radius 2 is 1.91 bits per heavy atom. The van der Waals surface area contributed by atoms with Crippen molar-refractivity contribution in [3.05, 3.63) is 29.8 Å². The van der Waals surface area contributed by atoms with Gasteiger partial charge in [-0.2, -0.15) is 0 Å². The van der Waals surface area contributed by atoms with E-state index >= 15 is 0 Å². The normalized spacial score (nSPS) is 11.8. The highest BCUT2D eigenvalue weighted by Gasteiger charge is 2.19. The van der Waals surface area contributed by atoms with Gasteiger partial charge in [0.15, 0.2) is 0 Å². The van der Waals surface area contributed by atoms with Gasteiger partial charge in [0.2, 0.25) is 11.8 Å². The third kappa shape index (κ3) is 6.52. The molecule has 0 saturated carbocycles. The fraction of sp³-hybridized carbons (Fsp3) is 0.529. The monoisotopic (exact) mass is 322 g/mol. The predicted molar refractivity (Wildman–Crippen MR) is 94.3 cm³/mol. The molecular weight excluding hydrogens is 296 g/mol. The van der Waals surface area contributed by atoms with Gasteiger partial charge in [0.05, 0.1) is 11.8 Å². The van der Waals surface area contributed by atoms with E-state index in [1.807, 2.05) is 38.1 Å². The van der Waals surface area contributed by atoms with Gasteiger partial charge in [-0.25, -0.2) is 0 Å². The molecule has 1 aromatic carbocycles. The Hall–Kier alpha value is -1.49. The highest BCUT2D eigenvalue weighted by molar-refractivity contribution is 8.00. The number of nitrogens with one attached hydrogen (secondary N) is 1. The van der Waals surface area contributed by atoms with Crippen molar-refractivity contribution in [3.8, 4) is 0 Å². The van der Waals surface area contributed by atoms with Gasteiger partial charge < -0.3 is 10.2 Å². The number of hydrogen-bond acceptors (Lipinski definition) is 3. The number of amides is 2. The molecule has 22 heavy (non-hydrogen) atoms. The summed E-state index contributed by atoms with van der Waals surface area (Å²) < 4.78 is 0. The van der Waals surface area contributed by atoms with Crippen LogP contribution in [0.4, 0.5) is 5.69 Å². The first-order valence-electron chi connectivity index (χ1n) is 7.67. The van der Waals surface area contributed by atoms with E-state index in [0.717, 1.165) is 29.8 Å². The number of likely N-dealkylation sites (N-methyl/N-ethyl adjacent to an activating group) is 1. The summed E-state index contributed by atoms with van der Waals surface area (Å²) in [5.74, 6) is 0.804. The number of unbranched alkanes of at least 4 members (excludes halogenated alkanes) is 1. The fourth-order valence-corrected chi connectivity index (χ4v) is 3.05. The second-order valence-electron chi connectivity index (χ2n) is 5.48. The van der Waals surface area contributed by atoms with Crippen molar-refractivity contribution in [3.63, 3.8) is 0 Å². The number of anilines is 1. The molecule has 1 atom stereocenters. The quantitative estimate of drug-likeness (QED) is 0.747. The molecule has 1 N–H and O–H groups in total. The highest BCUT2D eigenvalue weighted by atomic mass is 32.2. The van der Waals surface area contributed by atoms with Gasteiger partial charge in [0, 0.05) is 12.7 Å². The second-order valence-corrected chi connectivity index (χ2v) is 6.92. The number of carbonyl (C=O) groups excluding carboxylic acids is 2. The summed E-state index contributed by atoms with van der Waals surface area (Å²) in [6.07, 6.45) is 2.24. The van der Waals surface area contributed by atoms with Crippen LogP contribution in [0.3, 0.4) is 0 Å². The third-order valence-electron chi connectivity index (χ3n) is 3.31. The molecule has 5 heteroatoms. The lowest BCUT2D eigenvalue weighted by atomic mass is 10.2. The van der Waals surface area contributed by atoms with Gasteiger partial charge in [0.1, 0.15) is 0 Å². The van der Waals surface area contributed by atoms with Crippen molar-refractivity contribution >= 4 is 29.3 Å². The van der Waals surface area contributed by atoms with Gasteiger partial charge in [-0.15, -0.1) is 11.8 Å². The number of aryl methyl sites for hydroxylation is 1. The molecule has 1 unspecified atom stereocenters. The summed E-state index contributed by atoms with van der Waals surface area (Å²) in [5, 5.41) is 2.70. The average molecular weight is 322 g/mol. The van der Waals surface area contributed by atoms with Crippen LogP contribution in [0.5, 0.6) is 0 Å². The van der Waals surface area contributed by atoms with Gasteiger partial charge in [-0.05, 0) is 38.2 Å². The molecule has 0 saturated heterocycles. The molecule has 0 spiro atoms. The van der Waals surface area contributed by atoms with E-state index in [-0.39, 0.29) is 23.6 Å². The molecule has 122 valence electrons. The Labute approximate surface area is 137 Å². The van der Waals surface area contributed by atoms with Crippen molar-refractivity contribution in [2.75, 3.05) is 24.7 Å². The lowest BCUT2D eigenvalue weighted by Gasteiger charge is -2.20. The van der Waals surface area contributed by atoms with Crippen LogP contribution in [-0.2, 0) is 9.59 Å². The van der Waals surface area contributed by atoms with E-state index in [1.54, 1.807) is 18.8 Å². The molecule has 0 radical (unpaired) electrons. The van der Waals surface area contributed by atoms with E-state index < -0.39 is 0 Å². The number of hydrogen-bond donors (Lipinski definition) is 1. The average Bonchev–Trinajstić information content (AvgIpc) is 2.48. The lowest BCUT2D eigenvalue weighted by Crippen LogP contribution is -2.39. The largest absolute Gasteiger partial charge is 0.335 e. The predicted octanol–water partition coefficient (Wildman–Crippen LogP) is 3.31. The van der Waals surface area contributed by atoms with Crippen LogP contribution in [0.15, 0.2) is 24.3 Å². The van der Waals surface area contributed by atoms with E-state index in [9.17, 15) is 9.59 Å². The second kappa shape index (κ2) is 9.51. The van der Waals surface area contributed by atoms with E-state index in [4.69, 9.17) is 0 Å². The van der Waals surface area contributed by atoms with Crippen LogP contribution in [0.25, 0.3) is 0 Å². The SMILES string of the molecule is CCCCSC(C)C(=O)N(C)CC(=O)Nc1ccc(C)cc1. The van der Waals surface area contributed by atoms with Crippen LogP contribution in [0.2, 0.25) is 0 Å². The Balaban J connectivity index is 2.42. The fourth-order valence-electron chi connectivity index (χ4n) is 1.92. The topological polar surface area (TPSA) is 49.4 Å². The molecule has 1 rings (SSSR count). The van der Waals surface area contributed by atoms with Gasteiger partial charge >= 0.3 is 0 Å². The molecule has 0 aromatic heterocycles. The molecule has 1 aromatic rings. The molecule has 2 amide bonds. The Kier molecular flexibility index (Phi) is 8.02. The number of thioether (sulfide) groups is 1. The molecule has 0 aliphatic heterocycles. The first-order valence-corrected chi connectivity index (χ1v) is 8.72. The zero-order valence-electron chi connectivity index (χ0n) is 13.9. The summed E-state index contributed by atoms with van der Waals surface area (Å²) in [4.78, 5) is 25.7. The molecule has 0 aliphatic carbocycles. The van der Waals surface area contributed by atoms with Crippen LogP contribution in [0, 0.1) is 6.92 Å². The first kappa shape index (κ1) is 18.6. The van der Waals surface area contributed by atoms with E-state index in [1.165, 1.54) is 4.90 Å². The Morgan fingerprint density at radius 1 is 1.27 bits per heavy atom. The zero-order chi connectivity index (χ0) is 16.5. The van der Waals surface area contributed by atoms with Crippen LogP contribution in [0.1, 0.15) is 32.3 Å². The van der Waals surface area contributed by atoms with E-state index in [0.29, 0.717) is 0 Å².